The van der Waals surface area contributed by atoms with E-state index in [0.717, 1.165) is 25.8 Å². The van der Waals surface area contributed by atoms with Gasteiger partial charge in [-0.2, -0.15) is 0 Å². The van der Waals surface area contributed by atoms with Crippen LogP contribution in [-0.2, 0) is 10.0 Å². The second-order valence-corrected chi connectivity index (χ2v) is 8.97. The summed E-state index contributed by atoms with van der Waals surface area (Å²) in [6.07, 6.45) is 5.31. The summed E-state index contributed by atoms with van der Waals surface area (Å²) in [5.74, 6) is 1.40. The fourth-order valence-corrected chi connectivity index (χ4v) is 5.58. The Morgan fingerprint density at radius 1 is 1.05 bits per heavy atom. The maximum atomic E-state index is 12.6. The summed E-state index contributed by atoms with van der Waals surface area (Å²) in [7, 11) is -3.18. The van der Waals surface area contributed by atoms with Crippen molar-refractivity contribution in [1.82, 2.24) is 10.0 Å². The van der Waals surface area contributed by atoms with Gasteiger partial charge in [0.2, 0.25) is 10.0 Å². The molecule has 2 N–H and O–H groups in total. The molecule has 0 aromatic carbocycles. The third-order valence-corrected chi connectivity index (χ3v) is 7.32. The second kappa shape index (κ2) is 6.75. The van der Waals surface area contributed by atoms with Gasteiger partial charge in [-0.25, -0.2) is 13.1 Å². The number of nitrogens with one attached hydrogen (secondary N) is 2. The molecule has 4 nitrogen and oxygen atoms in total. The van der Waals surface area contributed by atoms with E-state index in [1.165, 1.54) is 12.8 Å². The van der Waals surface area contributed by atoms with Gasteiger partial charge in [0, 0.05) is 12.6 Å². The zero-order valence-corrected chi connectivity index (χ0v) is 13.9. The highest BCUT2D eigenvalue weighted by molar-refractivity contribution is 7.90. The largest absolute Gasteiger partial charge is 0.313 e. The van der Waals surface area contributed by atoms with Crippen LogP contribution in [0.4, 0.5) is 0 Å². The number of hydrogen-bond donors (Lipinski definition) is 2. The molecule has 5 atom stereocenters. The SMILES string of the molecule is CC1CC(C)C(S(=O)(=O)NCC2CCCCN2)CC1C. The average molecular weight is 302 g/mol. The first-order valence-electron chi connectivity index (χ1n) is 8.12. The standard InChI is InChI=1S/C15H30N2O2S/c1-11-8-13(3)15(9-12(11)2)20(18,19)17-10-14-6-4-5-7-16-14/h11-17H,4-10H2,1-3H3. The molecule has 0 amide bonds. The maximum absolute atomic E-state index is 12.6. The Kier molecular flexibility index (Phi) is 5.49. The number of rotatable bonds is 4. The van der Waals surface area contributed by atoms with Crippen molar-refractivity contribution in [2.75, 3.05) is 13.1 Å². The molecule has 0 bridgehead atoms. The first-order valence-corrected chi connectivity index (χ1v) is 9.66. The molecule has 2 rings (SSSR count). The van der Waals surface area contributed by atoms with Crippen molar-refractivity contribution in [1.29, 1.82) is 0 Å². The highest BCUT2D eigenvalue weighted by Crippen LogP contribution is 2.36. The molecule has 2 fully saturated rings. The molecule has 0 aromatic rings. The van der Waals surface area contributed by atoms with Crippen molar-refractivity contribution in [2.24, 2.45) is 17.8 Å². The molecule has 1 aliphatic heterocycles. The Hall–Kier alpha value is -0.130. The topological polar surface area (TPSA) is 58.2 Å². The van der Waals surface area contributed by atoms with Crippen LogP contribution in [0.3, 0.4) is 0 Å². The van der Waals surface area contributed by atoms with Crippen LogP contribution in [0.1, 0.15) is 52.9 Å². The van der Waals surface area contributed by atoms with Gasteiger partial charge in [0.25, 0.3) is 0 Å². The Morgan fingerprint density at radius 3 is 2.40 bits per heavy atom. The second-order valence-electron chi connectivity index (χ2n) is 6.98. The smallest absolute Gasteiger partial charge is 0.214 e. The van der Waals surface area contributed by atoms with Gasteiger partial charge in [-0.05, 0) is 50.0 Å². The van der Waals surface area contributed by atoms with E-state index in [0.29, 0.717) is 24.4 Å². The van der Waals surface area contributed by atoms with Crippen molar-refractivity contribution >= 4 is 10.0 Å². The first-order chi connectivity index (χ1) is 9.40. The van der Waals surface area contributed by atoms with E-state index in [4.69, 9.17) is 0 Å². The number of piperidine rings is 1. The summed E-state index contributed by atoms with van der Waals surface area (Å²) in [5.41, 5.74) is 0. The summed E-state index contributed by atoms with van der Waals surface area (Å²) < 4.78 is 28.0. The van der Waals surface area contributed by atoms with Gasteiger partial charge in [0.1, 0.15) is 0 Å². The van der Waals surface area contributed by atoms with Crippen LogP contribution in [0.25, 0.3) is 0 Å². The minimum absolute atomic E-state index is 0.211. The molecule has 1 saturated carbocycles. The van der Waals surface area contributed by atoms with Crippen molar-refractivity contribution in [3.63, 3.8) is 0 Å². The summed E-state index contributed by atoms with van der Waals surface area (Å²) in [6.45, 7) is 8.08. The fraction of sp³-hybridized carbons (Fsp3) is 1.00. The molecule has 0 aromatic heterocycles. The van der Waals surface area contributed by atoms with E-state index >= 15 is 0 Å². The van der Waals surface area contributed by atoms with Crippen LogP contribution in [0.15, 0.2) is 0 Å². The Labute approximate surface area is 124 Å². The summed E-state index contributed by atoms with van der Waals surface area (Å²) in [4.78, 5) is 0. The zero-order chi connectivity index (χ0) is 14.8. The molecule has 5 heteroatoms. The monoisotopic (exact) mass is 302 g/mol. The van der Waals surface area contributed by atoms with Crippen LogP contribution in [-0.4, -0.2) is 32.8 Å². The van der Waals surface area contributed by atoms with E-state index in [1.54, 1.807) is 0 Å². The first kappa shape index (κ1) is 16.2. The van der Waals surface area contributed by atoms with E-state index < -0.39 is 10.0 Å². The van der Waals surface area contributed by atoms with Crippen LogP contribution < -0.4 is 10.0 Å². The average Bonchev–Trinajstić information content (AvgIpc) is 2.42. The predicted octanol–water partition coefficient (Wildman–Crippen LogP) is 2.12. The molecule has 1 saturated heterocycles. The summed E-state index contributed by atoms with van der Waals surface area (Å²) in [6, 6.07) is 0.314. The quantitative estimate of drug-likeness (QED) is 0.836. The van der Waals surface area contributed by atoms with E-state index in [2.05, 4.69) is 30.8 Å². The van der Waals surface area contributed by atoms with Crippen LogP contribution in [0.2, 0.25) is 0 Å². The molecule has 1 aliphatic carbocycles. The van der Waals surface area contributed by atoms with Crippen molar-refractivity contribution in [3.8, 4) is 0 Å². The molecule has 5 unspecified atom stereocenters. The third-order valence-electron chi connectivity index (χ3n) is 5.30. The molecule has 0 spiro atoms. The fourth-order valence-electron chi connectivity index (χ4n) is 3.66. The Bertz CT molecular complexity index is 404. The molecular formula is C15H30N2O2S. The van der Waals surface area contributed by atoms with Crippen LogP contribution in [0, 0.1) is 17.8 Å². The third kappa shape index (κ3) is 3.95. The molecular weight excluding hydrogens is 272 g/mol. The van der Waals surface area contributed by atoms with E-state index in [-0.39, 0.29) is 11.2 Å². The molecule has 2 aliphatic rings. The van der Waals surface area contributed by atoms with Gasteiger partial charge in [0.15, 0.2) is 0 Å². The van der Waals surface area contributed by atoms with Gasteiger partial charge < -0.3 is 5.32 Å². The highest BCUT2D eigenvalue weighted by Gasteiger charge is 2.38. The van der Waals surface area contributed by atoms with Crippen molar-refractivity contribution in [3.05, 3.63) is 0 Å². The Balaban J connectivity index is 1.91. The number of sulfonamides is 1. The van der Waals surface area contributed by atoms with Gasteiger partial charge in [0.05, 0.1) is 5.25 Å². The lowest BCUT2D eigenvalue weighted by atomic mass is 9.76. The van der Waals surface area contributed by atoms with Gasteiger partial charge in [-0.15, -0.1) is 0 Å². The van der Waals surface area contributed by atoms with Crippen LogP contribution in [0.5, 0.6) is 0 Å². The normalized spacial score (nSPS) is 39.6. The van der Waals surface area contributed by atoms with Gasteiger partial charge in [-0.1, -0.05) is 27.2 Å². The van der Waals surface area contributed by atoms with Gasteiger partial charge in [-0.3, -0.25) is 0 Å². The minimum Gasteiger partial charge on any atom is -0.313 e. The lowest BCUT2D eigenvalue weighted by Gasteiger charge is -2.37. The van der Waals surface area contributed by atoms with Gasteiger partial charge >= 0.3 is 0 Å². The van der Waals surface area contributed by atoms with E-state index in [9.17, 15) is 8.42 Å². The molecule has 118 valence electrons. The van der Waals surface area contributed by atoms with Crippen molar-refractivity contribution < 1.29 is 8.42 Å². The maximum Gasteiger partial charge on any atom is 0.214 e. The van der Waals surface area contributed by atoms with E-state index in [1.807, 2.05) is 0 Å². The number of hydrogen-bond acceptors (Lipinski definition) is 3. The minimum atomic E-state index is -3.18. The van der Waals surface area contributed by atoms with Crippen LogP contribution >= 0.6 is 0 Å². The predicted molar refractivity (Wildman–Crippen MR) is 83.1 cm³/mol. The summed E-state index contributed by atoms with van der Waals surface area (Å²) in [5, 5.41) is 3.18. The molecule has 1 heterocycles. The molecule has 0 radical (unpaired) electrons. The highest BCUT2D eigenvalue weighted by atomic mass is 32.2. The van der Waals surface area contributed by atoms with Crippen molar-refractivity contribution in [2.45, 2.75) is 64.2 Å². The zero-order valence-electron chi connectivity index (χ0n) is 13.1. The lowest BCUT2D eigenvalue weighted by molar-refractivity contribution is 0.221. The lowest BCUT2D eigenvalue weighted by Crippen LogP contribution is -2.48. The Morgan fingerprint density at radius 2 is 1.75 bits per heavy atom. The molecule has 20 heavy (non-hydrogen) atoms. The summed E-state index contributed by atoms with van der Waals surface area (Å²) >= 11 is 0.